The Morgan fingerprint density at radius 2 is 0.854 bits per heavy atom. The lowest BCUT2D eigenvalue weighted by Crippen LogP contribution is -2.35. The molecule has 2 saturated heterocycles. The Morgan fingerprint density at radius 3 is 1.27 bits per heavy atom. The number of nitrogens with zero attached hydrogens (tertiary/aromatic N) is 2. The first-order valence-electron chi connectivity index (χ1n) is 14.9. The quantitative estimate of drug-likeness (QED) is 0.225. The molecule has 2 radical (unpaired) electrons. The molecular formula is C34H36B2N2O3. The monoisotopic (exact) mass is 542 g/mol. The molecule has 4 aromatic carbocycles. The van der Waals surface area contributed by atoms with Crippen LogP contribution in [-0.2, 0) is 9.51 Å². The van der Waals surface area contributed by atoms with Crippen molar-refractivity contribution in [2.45, 2.75) is 38.5 Å². The molecule has 206 valence electrons. The minimum absolute atomic E-state index is 0.776. The second-order valence-electron chi connectivity index (χ2n) is 10.7. The normalized spacial score (nSPS) is 16.3. The van der Waals surface area contributed by atoms with Crippen LogP contribution in [0.25, 0.3) is 22.3 Å². The first kappa shape index (κ1) is 27.8. The van der Waals surface area contributed by atoms with Crippen LogP contribution in [0.1, 0.15) is 38.5 Å². The summed E-state index contributed by atoms with van der Waals surface area (Å²) < 4.78 is 19.2. The van der Waals surface area contributed by atoms with Gasteiger partial charge in [-0.05, 0) is 59.9 Å². The van der Waals surface area contributed by atoms with E-state index in [0.717, 1.165) is 70.9 Å². The highest BCUT2D eigenvalue weighted by molar-refractivity contribution is 6.50. The van der Waals surface area contributed by atoms with Crippen molar-refractivity contribution in [1.82, 2.24) is 10.1 Å². The van der Waals surface area contributed by atoms with Gasteiger partial charge in [0, 0.05) is 37.3 Å². The van der Waals surface area contributed by atoms with Crippen LogP contribution in [0.5, 0.6) is 11.5 Å². The highest BCUT2D eigenvalue weighted by Crippen LogP contribution is 2.36. The number of hydrogen-bond donors (Lipinski definition) is 0. The van der Waals surface area contributed by atoms with E-state index in [4.69, 9.17) is 14.2 Å². The molecule has 5 nitrogen and oxygen atoms in total. The lowest BCUT2D eigenvalue weighted by Gasteiger charge is -2.27. The lowest BCUT2D eigenvalue weighted by molar-refractivity contribution is -0.0689. The Bertz CT molecular complexity index is 1290. The maximum absolute atomic E-state index is 6.84. The van der Waals surface area contributed by atoms with Gasteiger partial charge in [-0.25, -0.2) is 10.1 Å². The second-order valence-corrected chi connectivity index (χ2v) is 10.7. The molecule has 0 aliphatic carbocycles. The zero-order valence-corrected chi connectivity index (χ0v) is 23.6. The van der Waals surface area contributed by atoms with Gasteiger partial charge in [-0.15, -0.1) is 0 Å². The van der Waals surface area contributed by atoms with E-state index in [9.17, 15) is 0 Å². The van der Waals surface area contributed by atoms with Crippen molar-refractivity contribution >= 4 is 25.9 Å². The fraction of sp³-hybridized carbons (Fsp3) is 0.294. The molecule has 2 heterocycles. The van der Waals surface area contributed by atoms with Gasteiger partial charge in [0.05, 0.1) is 0 Å². The van der Waals surface area contributed by atoms with Crippen molar-refractivity contribution in [3.05, 3.63) is 97.1 Å². The van der Waals surface area contributed by atoms with Crippen molar-refractivity contribution in [2.75, 3.05) is 26.2 Å². The largest absolute Gasteiger partial charge is 0.456 e. The SMILES string of the molecule is [B](ON1CCCCC1)c1cccc(Oc2cccc([B]ON3CCCCC3)c2-c2ccccc2)c1-c1ccccc1. The fourth-order valence-corrected chi connectivity index (χ4v) is 5.61. The molecule has 41 heavy (non-hydrogen) atoms. The van der Waals surface area contributed by atoms with Crippen LogP contribution in [0, 0.1) is 0 Å². The molecule has 0 N–H and O–H groups in total. The van der Waals surface area contributed by atoms with Gasteiger partial charge in [-0.2, -0.15) is 0 Å². The van der Waals surface area contributed by atoms with Crippen LogP contribution in [0.2, 0.25) is 0 Å². The van der Waals surface area contributed by atoms with Gasteiger partial charge >= 0.3 is 15.0 Å². The first-order valence-corrected chi connectivity index (χ1v) is 14.9. The number of ether oxygens (including phenoxy) is 1. The predicted molar refractivity (Wildman–Crippen MR) is 168 cm³/mol. The molecule has 0 unspecified atom stereocenters. The van der Waals surface area contributed by atoms with Crippen LogP contribution in [0.3, 0.4) is 0 Å². The summed E-state index contributed by atoms with van der Waals surface area (Å²) in [6, 6.07) is 33.1. The second kappa shape index (κ2) is 14.0. The summed E-state index contributed by atoms with van der Waals surface area (Å²) in [7, 11) is 3.74. The average molecular weight is 542 g/mol. The number of benzene rings is 4. The summed E-state index contributed by atoms with van der Waals surface area (Å²) in [6.45, 7) is 3.82. The standard InChI is InChI=1S/C34H36B2N2O3/c1-5-15-27(16-6-1)33-29(35-40-37-23-9-3-10-24-37)19-13-21-31(33)39-32-22-14-20-30(34(32)28-17-7-2-8-18-28)36-41-38-25-11-4-12-26-38/h1-2,5-8,13-22H,3-4,9-12,23-26H2. The maximum atomic E-state index is 6.84. The van der Waals surface area contributed by atoms with E-state index in [1.165, 1.54) is 38.5 Å². The maximum Gasteiger partial charge on any atom is 0.362 e. The third kappa shape index (κ3) is 7.11. The van der Waals surface area contributed by atoms with Crippen molar-refractivity contribution in [3.63, 3.8) is 0 Å². The van der Waals surface area contributed by atoms with Gasteiger partial charge in [0.1, 0.15) is 11.5 Å². The van der Waals surface area contributed by atoms with Crippen LogP contribution in [0.4, 0.5) is 0 Å². The summed E-state index contributed by atoms with van der Waals surface area (Å²) in [5, 5.41) is 4.11. The van der Waals surface area contributed by atoms with E-state index in [0.29, 0.717) is 0 Å². The van der Waals surface area contributed by atoms with Gasteiger partial charge in [0.2, 0.25) is 0 Å². The van der Waals surface area contributed by atoms with Crippen molar-refractivity contribution in [3.8, 4) is 33.8 Å². The zero-order chi connectivity index (χ0) is 27.7. The molecule has 7 heteroatoms. The van der Waals surface area contributed by atoms with Crippen LogP contribution in [0.15, 0.2) is 97.1 Å². The molecule has 0 saturated carbocycles. The Balaban J connectivity index is 1.34. The van der Waals surface area contributed by atoms with Crippen LogP contribution >= 0.6 is 0 Å². The topological polar surface area (TPSA) is 34.2 Å². The van der Waals surface area contributed by atoms with E-state index in [-0.39, 0.29) is 0 Å². The lowest BCUT2D eigenvalue weighted by atomic mass is 9.80. The van der Waals surface area contributed by atoms with Crippen molar-refractivity contribution < 1.29 is 14.2 Å². The molecule has 6 rings (SSSR count). The van der Waals surface area contributed by atoms with Crippen molar-refractivity contribution in [1.29, 1.82) is 0 Å². The molecule has 0 bridgehead atoms. The molecular weight excluding hydrogens is 506 g/mol. The number of rotatable bonds is 10. The minimum Gasteiger partial charge on any atom is -0.456 e. The summed E-state index contributed by atoms with van der Waals surface area (Å²) in [6.07, 6.45) is 7.20. The number of piperidine rings is 2. The van der Waals surface area contributed by atoms with E-state index < -0.39 is 0 Å². The van der Waals surface area contributed by atoms with Crippen LogP contribution < -0.4 is 15.7 Å². The summed E-state index contributed by atoms with van der Waals surface area (Å²) in [5.74, 6) is 1.55. The third-order valence-electron chi connectivity index (χ3n) is 7.75. The van der Waals surface area contributed by atoms with E-state index >= 15 is 0 Å². The fourth-order valence-electron chi connectivity index (χ4n) is 5.61. The molecule has 4 aromatic rings. The van der Waals surface area contributed by atoms with Crippen molar-refractivity contribution in [2.24, 2.45) is 0 Å². The van der Waals surface area contributed by atoms with Gasteiger partial charge in [0.15, 0.2) is 0 Å². The smallest absolute Gasteiger partial charge is 0.362 e. The van der Waals surface area contributed by atoms with E-state index in [1.807, 2.05) is 51.4 Å². The summed E-state index contributed by atoms with van der Waals surface area (Å²) in [4.78, 5) is 0. The summed E-state index contributed by atoms with van der Waals surface area (Å²) in [5.41, 5.74) is 6.13. The van der Waals surface area contributed by atoms with E-state index in [2.05, 4.69) is 70.8 Å². The van der Waals surface area contributed by atoms with Crippen LogP contribution in [-0.4, -0.2) is 51.3 Å². The molecule has 0 aromatic heterocycles. The van der Waals surface area contributed by atoms with Gasteiger partial charge in [-0.1, -0.05) is 97.8 Å². The molecule has 2 aliphatic rings. The van der Waals surface area contributed by atoms with E-state index in [1.54, 1.807) is 0 Å². The van der Waals surface area contributed by atoms with Gasteiger partial charge in [0.25, 0.3) is 0 Å². The summed E-state index contributed by atoms with van der Waals surface area (Å²) >= 11 is 0. The Morgan fingerprint density at radius 1 is 0.439 bits per heavy atom. The molecule has 2 fully saturated rings. The average Bonchev–Trinajstić information content (AvgIpc) is 3.05. The first-order chi connectivity index (χ1) is 20.3. The zero-order valence-electron chi connectivity index (χ0n) is 23.6. The Labute approximate surface area is 245 Å². The molecule has 2 aliphatic heterocycles. The number of hydrogen-bond acceptors (Lipinski definition) is 5. The highest BCUT2D eigenvalue weighted by Gasteiger charge is 2.21. The minimum atomic E-state index is 0.776. The van der Waals surface area contributed by atoms with Gasteiger partial charge in [-0.3, -0.25) is 0 Å². The highest BCUT2D eigenvalue weighted by atomic mass is 16.6. The van der Waals surface area contributed by atoms with Gasteiger partial charge < -0.3 is 14.2 Å². The molecule has 0 amide bonds. The third-order valence-corrected chi connectivity index (χ3v) is 7.75. The molecule has 0 spiro atoms. The predicted octanol–water partition coefficient (Wildman–Crippen LogP) is 6.14. The Hall–Kier alpha value is -3.35. The molecule has 0 atom stereocenters. The number of hydroxylamine groups is 4. The Kier molecular flexibility index (Phi) is 9.50.